The Hall–Kier alpha value is -2.96. The lowest BCUT2D eigenvalue weighted by molar-refractivity contribution is -0.384. The van der Waals surface area contributed by atoms with Gasteiger partial charge in [-0.2, -0.15) is 4.98 Å². The Morgan fingerprint density at radius 1 is 1.33 bits per heavy atom. The monoisotopic (exact) mass is 283 g/mol. The van der Waals surface area contributed by atoms with Gasteiger partial charge in [-0.15, -0.1) is 5.10 Å². The van der Waals surface area contributed by atoms with Gasteiger partial charge >= 0.3 is 0 Å². The molecule has 0 bridgehead atoms. The third-order valence-corrected chi connectivity index (χ3v) is 3.05. The number of aryl methyl sites for hydroxylation is 1. The van der Waals surface area contributed by atoms with E-state index < -0.39 is 4.92 Å². The number of fused-ring (bicyclic) bond motifs is 1. The third kappa shape index (κ3) is 2.81. The summed E-state index contributed by atoms with van der Waals surface area (Å²) >= 11 is 0. The number of anilines is 1. The van der Waals surface area contributed by atoms with Gasteiger partial charge in [-0.1, -0.05) is 18.2 Å². The Morgan fingerprint density at radius 3 is 3.00 bits per heavy atom. The van der Waals surface area contributed by atoms with Gasteiger partial charge < -0.3 is 5.32 Å². The zero-order chi connectivity index (χ0) is 14.8. The Labute approximate surface area is 120 Å². The molecule has 0 saturated carbocycles. The average Bonchev–Trinajstić information content (AvgIpc) is 2.87. The van der Waals surface area contributed by atoms with Gasteiger partial charge in [0.05, 0.1) is 4.92 Å². The fourth-order valence-electron chi connectivity index (χ4n) is 2.02. The number of aromatic nitrogens is 3. The number of pyridine rings is 1. The number of benzene rings is 1. The molecule has 0 aliphatic rings. The number of hydrogen-bond donors (Lipinski definition) is 1. The molecule has 0 amide bonds. The van der Waals surface area contributed by atoms with Gasteiger partial charge in [0, 0.05) is 24.9 Å². The van der Waals surface area contributed by atoms with Crippen molar-refractivity contribution in [3.05, 3.63) is 63.8 Å². The third-order valence-electron chi connectivity index (χ3n) is 3.05. The van der Waals surface area contributed by atoms with Crippen LogP contribution in [0.25, 0.3) is 5.65 Å². The summed E-state index contributed by atoms with van der Waals surface area (Å²) in [4.78, 5) is 14.7. The lowest BCUT2D eigenvalue weighted by Gasteiger charge is -2.01. The van der Waals surface area contributed by atoms with Crippen molar-refractivity contribution in [3.8, 4) is 0 Å². The summed E-state index contributed by atoms with van der Waals surface area (Å²) in [5, 5.41) is 18.1. The second-order valence-corrected chi connectivity index (χ2v) is 4.73. The van der Waals surface area contributed by atoms with Gasteiger partial charge in [-0.3, -0.25) is 10.1 Å². The first-order valence-electron chi connectivity index (χ1n) is 6.42. The number of nitro benzene ring substituents is 1. The van der Waals surface area contributed by atoms with Crippen molar-refractivity contribution in [2.45, 2.75) is 13.5 Å². The normalized spacial score (nSPS) is 10.7. The molecule has 0 atom stereocenters. The molecule has 106 valence electrons. The van der Waals surface area contributed by atoms with Crippen LogP contribution in [0, 0.1) is 17.0 Å². The maximum absolute atomic E-state index is 10.7. The molecule has 0 aliphatic heterocycles. The molecule has 3 aromatic rings. The van der Waals surface area contributed by atoms with E-state index in [-0.39, 0.29) is 5.69 Å². The standard InChI is InChI=1S/C14H13N5O2/c1-10-5-6-13-16-14(17-18(13)9-10)15-8-11-3-2-4-12(7-11)19(20)21/h2-7,9H,8H2,1H3,(H,15,17). The van der Waals surface area contributed by atoms with Crippen LogP contribution in [0.4, 0.5) is 11.6 Å². The molecule has 1 N–H and O–H groups in total. The van der Waals surface area contributed by atoms with E-state index >= 15 is 0 Å². The quantitative estimate of drug-likeness (QED) is 0.587. The van der Waals surface area contributed by atoms with Crippen LogP contribution in [0.5, 0.6) is 0 Å². The number of non-ortho nitro benzene ring substituents is 1. The first-order chi connectivity index (χ1) is 10.1. The maximum atomic E-state index is 10.7. The van der Waals surface area contributed by atoms with Crippen molar-refractivity contribution >= 4 is 17.3 Å². The average molecular weight is 283 g/mol. The summed E-state index contributed by atoms with van der Waals surface area (Å²) in [6.07, 6.45) is 1.89. The predicted molar refractivity (Wildman–Crippen MR) is 78.1 cm³/mol. The van der Waals surface area contributed by atoms with E-state index in [1.165, 1.54) is 12.1 Å². The van der Waals surface area contributed by atoms with Crippen molar-refractivity contribution in [1.82, 2.24) is 14.6 Å². The Kier molecular flexibility index (Phi) is 3.23. The van der Waals surface area contributed by atoms with Crippen molar-refractivity contribution in [2.24, 2.45) is 0 Å². The van der Waals surface area contributed by atoms with Crippen LogP contribution in [0.3, 0.4) is 0 Å². The molecule has 7 heteroatoms. The molecule has 0 fully saturated rings. The van der Waals surface area contributed by atoms with E-state index in [1.807, 2.05) is 31.3 Å². The van der Waals surface area contributed by atoms with Crippen molar-refractivity contribution < 1.29 is 4.92 Å². The van der Waals surface area contributed by atoms with E-state index in [2.05, 4.69) is 15.4 Å². The second kappa shape index (κ2) is 5.20. The SMILES string of the molecule is Cc1ccc2nc(NCc3cccc([N+](=O)[O-])c3)nn2c1. The lowest BCUT2D eigenvalue weighted by atomic mass is 10.2. The van der Waals surface area contributed by atoms with Crippen LogP contribution in [-0.4, -0.2) is 19.5 Å². The molecule has 1 aromatic carbocycles. The first kappa shape index (κ1) is 13.0. The predicted octanol–water partition coefficient (Wildman–Crippen LogP) is 2.56. The minimum atomic E-state index is -0.407. The van der Waals surface area contributed by atoms with E-state index in [0.717, 1.165) is 16.8 Å². The Morgan fingerprint density at radius 2 is 2.19 bits per heavy atom. The number of hydrogen-bond acceptors (Lipinski definition) is 5. The maximum Gasteiger partial charge on any atom is 0.269 e. The summed E-state index contributed by atoms with van der Waals surface area (Å²) < 4.78 is 1.70. The van der Waals surface area contributed by atoms with Crippen LogP contribution in [0.15, 0.2) is 42.6 Å². The molecule has 21 heavy (non-hydrogen) atoms. The minimum absolute atomic E-state index is 0.0767. The Bertz CT molecular complexity index is 812. The van der Waals surface area contributed by atoms with E-state index in [4.69, 9.17) is 0 Å². The van der Waals surface area contributed by atoms with E-state index in [1.54, 1.807) is 10.6 Å². The van der Waals surface area contributed by atoms with Gasteiger partial charge in [-0.25, -0.2) is 4.52 Å². The second-order valence-electron chi connectivity index (χ2n) is 4.73. The molecule has 2 heterocycles. The molecule has 0 radical (unpaired) electrons. The van der Waals surface area contributed by atoms with Crippen LogP contribution in [0.2, 0.25) is 0 Å². The zero-order valence-corrected chi connectivity index (χ0v) is 11.4. The van der Waals surface area contributed by atoms with Crippen molar-refractivity contribution in [3.63, 3.8) is 0 Å². The number of nitrogens with one attached hydrogen (secondary N) is 1. The highest BCUT2D eigenvalue weighted by molar-refractivity contribution is 5.44. The van der Waals surface area contributed by atoms with Gasteiger partial charge in [0.2, 0.25) is 5.95 Å². The summed E-state index contributed by atoms with van der Waals surface area (Å²) in [5.41, 5.74) is 2.73. The molecule has 2 aromatic heterocycles. The van der Waals surface area contributed by atoms with Crippen LogP contribution >= 0.6 is 0 Å². The fraction of sp³-hybridized carbons (Fsp3) is 0.143. The number of nitrogens with zero attached hydrogens (tertiary/aromatic N) is 4. The minimum Gasteiger partial charge on any atom is -0.349 e. The van der Waals surface area contributed by atoms with Gasteiger partial charge in [0.15, 0.2) is 5.65 Å². The van der Waals surface area contributed by atoms with Crippen molar-refractivity contribution in [2.75, 3.05) is 5.32 Å². The zero-order valence-electron chi connectivity index (χ0n) is 11.4. The molecule has 0 saturated heterocycles. The smallest absolute Gasteiger partial charge is 0.269 e. The Balaban J connectivity index is 1.77. The number of nitro groups is 1. The molecule has 7 nitrogen and oxygen atoms in total. The van der Waals surface area contributed by atoms with Gasteiger partial charge in [0.1, 0.15) is 0 Å². The van der Waals surface area contributed by atoms with Crippen LogP contribution in [-0.2, 0) is 6.54 Å². The van der Waals surface area contributed by atoms with E-state index in [0.29, 0.717) is 12.5 Å². The van der Waals surface area contributed by atoms with Crippen LogP contribution < -0.4 is 5.32 Å². The van der Waals surface area contributed by atoms with Gasteiger partial charge in [0.25, 0.3) is 5.69 Å². The molecular weight excluding hydrogens is 270 g/mol. The highest BCUT2D eigenvalue weighted by Crippen LogP contribution is 2.14. The summed E-state index contributed by atoms with van der Waals surface area (Å²) in [7, 11) is 0. The largest absolute Gasteiger partial charge is 0.349 e. The van der Waals surface area contributed by atoms with Crippen molar-refractivity contribution in [1.29, 1.82) is 0 Å². The molecule has 0 aliphatic carbocycles. The topological polar surface area (TPSA) is 85.4 Å². The molecule has 3 rings (SSSR count). The number of rotatable bonds is 4. The van der Waals surface area contributed by atoms with E-state index in [9.17, 15) is 10.1 Å². The van der Waals surface area contributed by atoms with Gasteiger partial charge in [-0.05, 0) is 24.1 Å². The van der Waals surface area contributed by atoms with Crippen LogP contribution in [0.1, 0.15) is 11.1 Å². The summed E-state index contributed by atoms with van der Waals surface area (Å²) in [6, 6.07) is 10.3. The lowest BCUT2D eigenvalue weighted by Crippen LogP contribution is -2.01. The molecule has 0 spiro atoms. The molecule has 0 unspecified atom stereocenters. The summed E-state index contributed by atoms with van der Waals surface area (Å²) in [5.74, 6) is 0.493. The fourth-order valence-corrected chi connectivity index (χ4v) is 2.02. The highest BCUT2D eigenvalue weighted by Gasteiger charge is 2.07. The summed E-state index contributed by atoms with van der Waals surface area (Å²) in [6.45, 7) is 2.41. The first-order valence-corrected chi connectivity index (χ1v) is 6.42. The highest BCUT2D eigenvalue weighted by atomic mass is 16.6. The molecular formula is C14H13N5O2.